The Balaban J connectivity index is 1.52. The van der Waals surface area contributed by atoms with Gasteiger partial charge in [-0.3, -0.25) is 9.69 Å². The Hall–Kier alpha value is -0.610. The van der Waals surface area contributed by atoms with E-state index in [1.165, 1.54) is 26.2 Å². The van der Waals surface area contributed by atoms with Gasteiger partial charge in [0.2, 0.25) is 0 Å². The molecule has 86 valence electrons. The molecule has 0 saturated carbocycles. The minimum Gasteiger partial charge on any atom is -0.481 e. The van der Waals surface area contributed by atoms with E-state index in [2.05, 4.69) is 16.8 Å². The van der Waals surface area contributed by atoms with E-state index in [4.69, 9.17) is 5.11 Å². The Morgan fingerprint density at radius 3 is 2.53 bits per heavy atom. The number of carboxylic acids is 1. The van der Waals surface area contributed by atoms with Gasteiger partial charge in [-0.2, -0.15) is 0 Å². The lowest BCUT2D eigenvalue weighted by atomic mass is 9.90. The number of likely N-dealkylation sites (N-methyl/N-ethyl adjacent to an activating group) is 1. The van der Waals surface area contributed by atoms with Crippen molar-refractivity contribution in [3.05, 3.63) is 0 Å². The first-order valence-electron chi connectivity index (χ1n) is 5.79. The van der Waals surface area contributed by atoms with Crippen LogP contribution in [0.15, 0.2) is 0 Å². The first-order chi connectivity index (χ1) is 7.15. The van der Waals surface area contributed by atoms with Crippen molar-refractivity contribution in [3.63, 3.8) is 0 Å². The molecule has 2 rings (SSSR count). The largest absolute Gasteiger partial charge is 0.481 e. The number of nitrogens with zero attached hydrogens (tertiary/aromatic N) is 2. The van der Waals surface area contributed by atoms with E-state index in [0.29, 0.717) is 6.42 Å². The second-order valence-electron chi connectivity index (χ2n) is 4.98. The number of hydrogen-bond acceptors (Lipinski definition) is 3. The van der Waals surface area contributed by atoms with Gasteiger partial charge in [0.05, 0.1) is 0 Å². The summed E-state index contributed by atoms with van der Waals surface area (Å²) in [5.74, 6) is 0.0991. The van der Waals surface area contributed by atoms with E-state index in [1.807, 2.05) is 0 Å². The molecule has 0 radical (unpaired) electrons. The van der Waals surface area contributed by atoms with E-state index >= 15 is 0 Å². The van der Waals surface area contributed by atoms with Crippen LogP contribution in [0.3, 0.4) is 0 Å². The molecule has 0 aromatic rings. The highest BCUT2D eigenvalue weighted by molar-refractivity contribution is 5.66. The Kier molecular flexibility index (Phi) is 3.26. The van der Waals surface area contributed by atoms with Crippen molar-refractivity contribution in [1.82, 2.24) is 9.80 Å². The summed E-state index contributed by atoms with van der Waals surface area (Å²) in [4.78, 5) is 15.2. The second kappa shape index (κ2) is 4.49. The maximum atomic E-state index is 10.3. The topological polar surface area (TPSA) is 43.8 Å². The summed E-state index contributed by atoms with van der Waals surface area (Å²) < 4.78 is 0. The van der Waals surface area contributed by atoms with Gasteiger partial charge in [0.1, 0.15) is 0 Å². The fraction of sp³-hybridized carbons (Fsp3) is 0.909. The fourth-order valence-electron chi connectivity index (χ4n) is 2.53. The Morgan fingerprint density at radius 1 is 1.33 bits per heavy atom. The Morgan fingerprint density at radius 2 is 2.00 bits per heavy atom. The average molecular weight is 212 g/mol. The van der Waals surface area contributed by atoms with Crippen LogP contribution in [-0.2, 0) is 4.79 Å². The summed E-state index contributed by atoms with van der Waals surface area (Å²) >= 11 is 0. The van der Waals surface area contributed by atoms with E-state index in [0.717, 1.165) is 24.8 Å². The molecule has 0 bridgehead atoms. The zero-order chi connectivity index (χ0) is 10.8. The van der Waals surface area contributed by atoms with Crippen LogP contribution in [0, 0.1) is 5.92 Å². The number of aliphatic carboxylic acids is 1. The van der Waals surface area contributed by atoms with Crippen molar-refractivity contribution in [3.8, 4) is 0 Å². The Bertz CT molecular complexity index is 233. The van der Waals surface area contributed by atoms with Crippen molar-refractivity contribution in [2.75, 3.05) is 33.2 Å². The number of rotatable bonds is 5. The third-order valence-electron chi connectivity index (χ3n) is 3.55. The molecule has 15 heavy (non-hydrogen) atoms. The van der Waals surface area contributed by atoms with Crippen molar-refractivity contribution in [2.45, 2.75) is 25.3 Å². The molecule has 0 spiro atoms. The van der Waals surface area contributed by atoms with Crippen molar-refractivity contribution in [1.29, 1.82) is 0 Å². The van der Waals surface area contributed by atoms with E-state index in [-0.39, 0.29) is 0 Å². The maximum Gasteiger partial charge on any atom is 0.303 e. The summed E-state index contributed by atoms with van der Waals surface area (Å²) in [6, 6.07) is 0.783. The van der Waals surface area contributed by atoms with Crippen molar-refractivity contribution in [2.24, 2.45) is 5.92 Å². The highest BCUT2D eigenvalue weighted by atomic mass is 16.4. The van der Waals surface area contributed by atoms with Crippen LogP contribution >= 0.6 is 0 Å². The third-order valence-corrected chi connectivity index (χ3v) is 3.55. The predicted octanol–water partition coefficient (Wildman–Crippen LogP) is 0.487. The molecule has 2 aliphatic heterocycles. The van der Waals surface area contributed by atoms with E-state index in [1.54, 1.807) is 0 Å². The molecular weight excluding hydrogens is 192 g/mol. The van der Waals surface area contributed by atoms with Gasteiger partial charge in [-0.1, -0.05) is 0 Å². The SMILES string of the molecule is CN1CC(N2CC(CCCC(=O)O)C2)C1. The minimum atomic E-state index is -0.660. The normalized spacial score (nSPS) is 24.9. The second-order valence-corrected chi connectivity index (χ2v) is 4.98. The van der Waals surface area contributed by atoms with Crippen LogP contribution < -0.4 is 0 Å². The van der Waals surface area contributed by atoms with E-state index in [9.17, 15) is 4.79 Å². The van der Waals surface area contributed by atoms with Crippen molar-refractivity contribution >= 4 is 5.97 Å². The quantitative estimate of drug-likeness (QED) is 0.720. The molecule has 1 N–H and O–H groups in total. The van der Waals surface area contributed by atoms with Gasteiger partial charge in [0.15, 0.2) is 0 Å². The molecule has 2 heterocycles. The van der Waals surface area contributed by atoms with Crippen LogP contribution in [0.4, 0.5) is 0 Å². The number of hydrogen-bond donors (Lipinski definition) is 1. The minimum absolute atomic E-state index is 0.336. The highest BCUT2D eigenvalue weighted by Crippen LogP contribution is 2.26. The number of carboxylic acid groups (broad SMARTS) is 1. The lowest BCUT2D eigenvalue weighted by molar-refractivity contribution is -0.137. The molecule has 4 nitrogen and oxygen atoms in total. The van der Waals surface area contributed by atoms with Gasteiger partial charge in [0, 0.05) is 38.6 Å². The lowest BCUT2D eigenvalue weighted by Crippen LogP contribution is -2.64. The predicted molar refractivity (Wildman–Crippen MR) is 57.8 cm³/mol. The number of likely N-dealkylation sites (tertiary alicyclic amines) is 2. The van der Waals surface area contributed by atoms with Crippen LogP contribution in [0.1, 0.15) is 19.3 Å². The molecule has 2 saturated heterocycles. The molecule has 0 aromatic heterocycles. The molecule has 0 aliphatic carbocycles. The molecule has 2 fully saturated rings. The summed E-state index contributed by atoms with van der Waals surface area (Å²) in [6.07, 6.45) is 2.27. The van der Waals surface area contributed by atoms with Gasteiger partial charge in [0.25, 0.3) is 0 Å². The summed E-state index contributed by atoms with van der Waals surface area (Å²) in [7, 11) is 2.15. The van der Waals surface area contributed by atoms with Gasteiger partial charge >= 0.3 is 5.97 Å². The van der Waals surface area contributed by atoms with E-state index < -0.39 is 5.97 Å². The summed E-state index contributed by atoms with van der Waals surface area (Å²) in [5.41, 5.74) is 0. The molecule has 0 atom stereocenters. The van der Waals surface area contributed by atoms with Crippen LogP contribution in [-0.4, -0.2) is 60.1 Å². The average Bonchev–Trinajstić information content (AvgIpc) is 2.04. The zero-order valence-corrected chi connectivity index (χ0v) is 9.35. The molecular formula is C11H20N2O2. The first-order valence-corrected chi connectivity index (χ1v) is 5.79. The summed E-state index contributed by atoms with van der Waals surface area (Å²) in [6.45, 7) is 4.81. The monoisotopic (exact) mass is 212 g/mol. The zero-order valence-electron chi connectivity index (χ0n) is 9.35. The molecule has 4 heteroatoms. The molecule has 0 amide bonds. The fourth-order valence-corrected chi connectivity index (χ4v) is 2.53. The van der Waals surface area contributed by atoms with Crippen LogP contribution in [0.25, 0.3) is 0 Å². The van der Waals surface area contributed by atoms with Crippen LogP contribution in [0.5, 0.6) is 0 Å². The molecule has 0 aromatic carbocycles. The molecule has 2 aliphatic rings. The smallest absolute Gasteiger partial charge is 0.303 e. The standard InChI is InChI=1S/C11H20N2O2/c1-12-7-10(8-12)13-5-9(6-13)3-2-4-11(14)15/h9-10H,2-8H2,1H3,(H,14,15). The van der Waals surface area contributed by atoms with Gasteiger partial charge in [-0.15, -0.1) is 0 Å². The Labute approximate surface area is 90.9 Å². The third kappa shape index (κ3) is 2.69. The van der Waals surface area contributed by atoms with Gasteiger partial charge in [-0.25, -0.2) is 0 Å². The first kappa shape index (κ1) is 10.9. The summed E-state index contributed by atoms with van der Waals surface area (Å²) in [5, 5.41) is 8.52. The lowest BCUT2D eigenvalue weighted by Gasteiger charge is -2.51. The number of carbonyl (C=O) groups is 1. The van der Waals surface area contributed by atoms with Crippen molar-refractivity contribution < 1.29 is 9.90 Å². The molecule has 0 unspecified atom stereocenters. The highest BCUT2D eigenvalue weighted by Gasteiger charge is 2.36. The maximum absolute atomic E-state index is 10.3. The van der Waals surface area contributed by atoms with Gasteiger partial charge in [-0.05, 0) is 25.8 Å². The van der Waals surface area contributed by atoms with Crippen LogP contribution in [0.2, 0.25) is 0 Å². The van der Waals surface area contributed by atoms with Gasteiger partial charge < -0.3 is 10.0 Å².